The zero-order chi connectivity index (χ0) is 16.7. The van der Waals surface area contributed by atoms with Crippen LogP contribution >= 0.6 is 12.4 Å². The number of carbonyl (C=O) groups excluding carboxylic acids is 1. The maximum absolute atomic E-state index is 12.1. The van der Waals surface area contributed by atoms with Crippen molar-refractivity contribution in [2.45, 2.75) is 39.0 Å². The highest BCUT2D eigenvalue weighted by molar-refractivity contribution is 5.91. The number of nitrogens with two attached hydrogens (primary N) is 1. The molecule has 0 fully saturated rings. The average Bonchev–Trinajstić information content (AvgIpc) is 2.55. The Hall–Kier alpha value is -1.88. The largest absolute Gasteiger partial charge is 0.374 e. The summed E-state index contributed by atoms with van der Waals surface area (Å²) in [5.41, 5.74) is 8.87. The first-order valence-electron chi connectivity index (χ1n) is 7.85. The first kappa shape index (κ1) is 20.2. The molecule has 1 unspecified atom stereocenters. The van der Waals surface area contributed by atoms with Gasteiger partial charge >= 0.3 is 0 Å². The highest BCUT2D eigenvalue weighted by Crippen LogP contribution is 2.16. The van der Waals surface area contributed by atoms with Crippen molar-refractivity contribution in [3.05, 3.63) is 65.7 Å². The highest BCUT2D eigenvalue weighted by Gasteiger charge is 2.11. The van der Waals surface area contributed by atoms with Crippen LogP contribution in [-0.4, -0.2) is 12.0 Å². The standard InChI is InChI=1S/C19H24N2O2.ClH/c1-14(2)23-13-15-8-10-17(11-9-15)21-19(22)12-18(20)16-6-4-3-5-7-16;/h3-11,14,18H,12-13,20H2,1-2H3,(H,21,22);1H. The number of hydrogen-bond acceptors (Lipinski definition) is 3. The van der Waals surface area contributed by atoms with Crippen molar-refractivity contribution in [1.82, 2.24) is 0 Å². The minimum atomic E-state index is -0.296. The van der Waals surface area contributed by atoms with Crippen molar-refractivity contribution < 1.29 is 9.53 Å². The van der Waals surface area contributed by atoms with Crippen LogP contribution in [0.15, 0.2) is 54.6 Å². The number of hydrogen-bond donors (Lipinski definition) is 2. The van der Waals surface area contributed by atoms with Gasteiger partial charge in [0.05, 0.1) is 12.7 Å². The van der Waals surface area contributed by atoms with E-state index >= 15 is 0 Å². The Morgan fingerprint density at radius 1 is 1.08 bits per heavy atom. The van der Waals surface area contributed by atoms with Crippen LogP contribution in [0.1, 0.15) is 37.4 Å². The molecule has 0 aromatic heterocycles. The summed E-state index contributed by atoms with van der Waals surface area (Å²) in [7, 11) is 0. The summed E-state index contributed by atoms with van der Waals surface area (Å²) in [5, 5.41) is 2.87. The molecule has 130 valence electrons. The summed E-state index contributed by atoms with van der Waals surface area (Å²) < 4.78 is 5.55. The molecule has 0 aliphatic rings. The van der Waals surface area contributed by atoms with Crippen molar-refractivity contribution in [3.63, 3.8) is 0 Å². The lowest BCUT2D eigenvalue weighted by atomic mass is 10.0. The lowest BCUT2D eigenvalue weighted by Gasteiger charge is -2.12. The second kappa shape index (κ2) is 10.1. The molecule has 24 heavy (non-hydrogen) atoms. The molecule has 3 N–H and O–H groups in total. The quantitative estimate of drug-likeness (QED) is 0.793. The fraction of sp³-hybridized carbons (Fsp3) is 0.316. The fourth-order valence-corrected chi connectivity index (χ4v) is 2.18. The summed E-state index contributed by atoms with van der Waals surface area (Å²) >= 11 is 0. The smallest absolute Gasteiger partial charge is 0.226 e. The minimum Gasteiger partial charge on any atom is -0.374 e. The molecule has 0 bridgehead atoms. The number of ether oxygens (including phenoxy) is 1. The third-order valence-electron chi connectivity index (χ3n) is 3.45. The predicted molar refractivity (Wildman–Crippen MR) is 100 cm³/mol. The minimum absolute atomic E-state index is 0. The molecular weight excluding hydrogens is 324 g/mol. The van der Waals surface area contributed by atoms with Gasteiger partial charge in [0.2, 0.25) is 5.91 Å². The van der Waals surface area contributed by atoms with Gasteiger partial charge < -0.3 is 15.8 Å². The Kier molecular flexibility index (Phi) is 8.47. The molecule has 0 aliphatic heterocycles. The van der Waals surface area contributed by atoms with Crippen LogP contribution < -0.4 is 11.1 Å². The zero-order valence-electron chi connectivity index (χ0n) is 14.1. The van der Waals surface area contributed by atoms with Crippen LogP contribution in [0, 0.1) is 0 Å². The number of benzene rings is 2. The Morgan fingerprint density at radius 3 is 2.29 bits per heavy atom. The second-order valence-electron chi connectivity index (χ2n) is 5.83. The Bertz CT molecular complexity index is 615. The molecule has 0 spiro atoms. The molecule has 0 radical (unpaired) electrons. The van der Waals surface area contributed by atoms with Gasteiger partial charge in [-0.2, -0.15) is 0 Å². The summed E-state index contributed by atoms with van der Waals surface area (Å²) in [4.78, 5) is 12.1. The predicted octanol–water partition coefficient (Wildman–Crippen LogP) is 4.06. The fourth-order valence-electron chi connectivity index (χ4n) is 2.18. The Morgan fingerprint density at radius 2 is 1.71 bits per heavy atom. The SMILES string of the molecule is CC(C)OCc1ccc(NC(=O)CC(N)c2ccccc2)cc1.Cl. The highest BCUT2D eigenvalue weighted by atomic mass is 35.5. The van der Waals surface area contributed by atoms with Crippen LogP contribution in [0.4, 0.5) is 5.69 Å². The molecule has 5 heteroatoms. The van der Waals surface area contributed by atoms with E-state index in [1.165, 1.54) is 0 Å². The number of amides is 1. The maximum atomic E-state index is 12.1. The number of halogens is 1. The van der Waals surface area contributed by atoms with Gasteiger partial charge in [-0.1, -0.05) is 42.5 Å². The van der Waals surface area contributed by atoms with E-state index in [1.807, 2.05) is 68.4 Å². The van der Waals surface area contributed by atoms with E-state index in [9.17, 15) is 4.79 Å². The van der Waals surface area contributed by atoms with E-state index in [0.29, 0.717) is 6.61 Å². The summed E-state index contributed by atoms with van der Waals surface area (Å²) in [6.07, 6.45) is 0.455. The molecule has 0 heterocycles. The lowest BCUT2D eigenvalue weighted by molar-refractivity contribution is -0.116. The molecule has 4 nitrogen and oxygen atoms in total. The normalized spacial score (nSPS) is 11.7. The molecular formula is C19H25ClN2O2. The van der Waals surface area contributed by atoms with Crippen molar-refractivity contribution in [2.75, 3.05) is 5.32 Å². The van der Waals surface area contributed by atoms with Gasteiger partial charge in [-0.05, 0) is 37.1 Å². The van der Waals surface area contributed by atoms with Crippen molar-refractivity contribution in [1.29, 1.82) is 0 Å². The molecule has 1 amide bonds. The third kappa shape index (κ3) is 6.71. The van der Waals surface area contributed by atoms with Gasteiger partial charge in [0.1, 0.15) is 0 Å². The Labute approximate surface area is 149 Å². The topological polar surface area (TPSA) is 64.3 Å². The molecule has 0 saturated carbocycles. The van der Waals surface area contributed by atoms with Gasteiger partial charge in [0, 0.05) is 18.2 Å². The van der Waals surface area contributed by atoms with Gasteiger partial charge in [-0.15, -0.1) is 12.4 Å². The van der Waals surface area contributed by atoms with Crippen molar-refractivity contribution in [2.24, 2.45) is 5.73 Å². The van der Waals surface area contributed by atoms with Crippen molar-refractivity contribution >= 4 is 24.0 Å². The molecule has 2 aromatic carbocycles. The molecule has 2 aromatic rings. The van der Waals surface area contributed by atoms with Gasteiger partial charge in [-0.3, -0.25) is 4.79 Å². The van der Waals surface area contributed by atoms with E-state index in [0.717, 1.165) is 16.8 Å². The molecule has 0 aliphatic carbocycles. The van der Waals surface area contributed by atoms with Gasteiger partial charge in [0.25, 0.3) is 0 Å². The van der Waals surface area contributed by atoms with Gasteiger partial charge in [0.15, 0.2) is 0 Å². The van der Waals surface area contributed by atoms with Crippen LogP contribution in [0.5, 0.6) is 0 Å². The first-order chi connectivity index (χ1) is 11.0. The third-order valence-corrected chi connectivity index (χ3v) is 3.45. The van der Waals surface area contributed by atoms with Crippen molar-refractivity contribution in [3.8, 4) is 0 Å². The zero-order valence-corrected chi connectivity index (χ0v) is 14.9. The summed E-state index contributed by atoms with van der Waals surface area (Å²) in [6.45, 7) is 4.58. The molecule has 0 saturated heterocycles. The van der Waals surface area contributed by atoms with Crippen LogP contribution in [0.25, 0.3) is 0 Å². The Balaban J connectivity index is 0.00000288. The summed E-state index contributed by atoms with van der Waals surface area (Å²) in [6, 6.07) is 17.0. The van der Waals surface area contributed by atoms with E-state index in [1.54, 1.807) is 0 Å². The number of carbonyl (C=O) groups is 1. The number of rotatable bonds is 7. The molecule has 1 atom stereocenters. The number of nitrogens with one attached hydrogen (secondary N) is 1. The maximum Gasteiger partial charge on any atom is 0.226 e. The first-order valence-corrected chi connectivity index (χ1v) is 7.85. The lowest BCUT2D eigenvalue weighted by Crippen LogP contribution is -2.20. The van der Waals surface area contributed by atoms with Crippen LogP contribution in [-0.2, 0) is 16.1 Å². The second-order valence-corrected chi connectivity index (χ2v) is 5.83. The monoisotopic (exact) mass is 348 g/mol. The molecule has 2 rings (SSSR count). The van der Waals surface area contributed by atoms with Crippen LogP contribution in [0.2, 0.25) is 0 Å². The van der Waals surface area contributed by atoms with Gasteiger partial charge in [-0.25, -0.2) is 0 Å². The van der Waals surface area contributed by atoms with E-state index in [-0.39, 0.29) is 36.9 Å². The van der Waals surface area contributed by atoms with E-state index in [4.69, 9.17) is 10.5 Å². The average molecular weight is 349 g/mol. The summed E-state index contributed by atoms with van der Waals surface area (Å²) in [5.74, 6) is -0.0902. The number of anilines is 1. The van der Waals surface area contributed by atoms with Crippen LogP contribution in [0.3, 0.4) is 0 Å². The van der Waals surface area contributed by atoms with E-state index < -0.39 is 0 Å². The van der Waals surface area contributed by atoms with E-state index in [2.05, 4.69) is 5.32 Å².